The molecule has 0 amide bonds. The van der Waals surface area contributed by atoms with Crippen molar-refractivity contribution in [3.63, 3.8) is 0 Å². The average molecular weight is 1830 g/mol. The van der Waals surface area contributed by atoms with Gasteiger partial charge in [-0.3, -0.25) is 77.3 Å². The van der Waals surface area contributed by atoms with Crippen molar-refractivity contribution >= 4 is 123 Å². The number of rotatable bonds is 36. The molecular weight excluding hydrogens is 1750 g/mol. The number of nitrogens with zero attached hydrogens (tertiary/aromatic N) is 2. The molecule has 0 saturated heterocycles. The van der Waals surface area contributed by atoms with Gasteiger partial charge in [0.1, 0.15) is 45.5 Å². The van der Waals surface area contributed by atoms with E-state index < -0.39 is 155 Å². The average Bonchev–Trinajstić information content (AvgIpc) is 0.958. The summed E-state index contributed by atoms with van der Waals surface area (Å²) in [4.78, 5) is 139. The highest BCUT2D eigenvalue weighted by Gasteiger charge is 2.35. The van der Waals surface area contributed by atoms with E-state index in [1.807, 2.05) is 11.8 Å². The second kappa shape index (κ2) is 57.7. The Morgan fingerprint density at radius 3 is 0.827 bits per heavy atom. The third-order valence-corrected chi connectivity index (χ3v) is 27.5. The summed E-state index contributed by atoms with van der Waals surface area (Å²) in [6, 6.07) is 3.06. The van der Waals surface area contributed by atoms with E-state index in [2.05, 4.69) is 102 Å². The second-order valence-electron chi connectivity index (χ2n) is 16.8. The minimum Gasteiger partial charge on any atom is -0.384 e. The fraction of sp³-hybridized carbons (Fsp3) is 0.632. The fourth-order valence-electron chi connectivity index (χ4n) is 3.43. The van der Waals surface area contributed by atoms with Crippen molar-refractivity contribution < 1.29 is 223 Å². The Balaban J connectivity index is -0.000000142. The van der Waals surface area contributed by atoms with Crippen LogP contribution in [-0.4, -0.2) is 202 Å². The zero-order valence-corrected chi connectivity index (χ0v) is 68.8. The molecule has 0 fully saturated rings. The summed E-state index contributed by atoms with van der Waals surface area (Å²) in [6.45, 7) is 4.50. The number of hydrogen-bond acceptors (Lipinski definition) is 34. The molecule has 16 unspecified atom stereocenters. The number of aliphatic hydroxyl groups excluding tert-OH is 1. The van der Waals surface area contributed by atoms with E-state index in [-0.39, 0.29) is 53.3 Å². The molecule has 17 N–H and O–H groups in total. The monoisotopic (exact) mass is 1830 g/mol. The highest BCUT2D eigenvalue weighted by molar-refractivity contribution is 7.72. The quantitative estimate of drug-likeness (QED) is 0.0183. The molecule has 0 saturated carbocycles. The molecule has 610 valence electrons. The van der Waals surface area contributed by atoms with Gasteiger partial charge in [0, 0.05) is 66.2 Å². The standard InChI is InChI=1S/C6H12O6P2.C5H10O7P2.2C5H10O6P2.C5H10O5P2.C4H9NO6P2.C4H8O6P2.C3H7NO6P2.CH4/c1-3-4-5-6-11-14(9,10)12-13(2,7)8;1-13(7,8)12-14(9,10)11-5-3-2-4-6;2*1-3-4-5-10-13(8,9)11-12(2,6)7;1-3-4-10-12(8,9)5-11(2,6)7;1-12(6,7)11-13(8,9)10-4-2-3-5;1-3-4-9-12(7,8)10-11(2,5)6;1-11(5,6)10-12(7,8)9-3-2-4;/h1H,4-6H2,2H3,(H,7,8)(H,9,10);6H,4-5H2,1H3,(H,7,8)(H,9,10);5H2,1-2H3,(H,6,7)(H,8,9);1H,4-5H2,2H3,(H,6,7)(H,8,9);1H,4-5H2,2H3,(H,6,7)(H,8,9);2,4H2,1H3,(H,6,7)(H,8,9);1H,4H2,2H3,(H,5,6)(H,7,8);3H2,1H3,(H,5,6)(H,7,8);1H4. The van der Waals surface area contributed by atoms with Crippen LogP contribution in [0.3, 0.4) is 0 Å². The molecule has 0 rings (SSSR count). The van der Waals surface area contributed by atoms with Gasteiger partial charge in [0.2, 0.25) is 7.37 Å². The minimum absolute atomic E-state index is 0. The van der Waals surface area contributed by atoms with Crippen molar-refractivity contribution in [1.29, 1.82) is 10.5 Å². The van der Waals surface area contributed by atoms with Crippen LogP contribution in [0.2, 0.25) is 0 Å². The van der Waals surface area contributed by atoms with Crippen LogP contribution in [0, 0.1) is 95.7 Å². The molecule has 104 heavy (non-hydrogen) atoms. The molecule has 16 atom stereocenters. The summed E-state index contributed by atoms with van der Waals surface area (Å²) in [5.74, 6) is 16.6. The summed E-state index contributed by atoms with van der Waals surface area (Å²) >= 11 is 0. The Morgan fingerprint density at radius 2 is 0.577 bits per heavy atom. The molecule has 0 aliphatic carbocycles. The van der Waals surface area contributed by atoms with Crippen LogP contribution in [0.25, 0.3) is 0 Å². The number of phosphoric ester groups is 7. The molecule has 0 aromatic carbocycles. The Labute approximate surface area is 597 Å². The number of aliphatic hydroxyl groups is 1. The number of unbranched alkanes of at least 4 members (excludes halogenated alkanes) is 1. The van der Waals surface area contributed by atoms with E-state index in [9.17, 15) is 73.0 Å². The van der Waals surface area contributed by atoms with Crippen molar-refractivity contribution in [1.82, 2.24) is 0 Å². The maximum absolute atomic E-state index is 10.9. The summed E-state index contributed by atoms with van der Waals surface area (Å²) in [7, 11) is -67.3. The van der Waals surface area contributed by atoms with Gasteiger partial charge in [0.15, 0.2) is 0 Å². The van der Waals surface area contributed by atoms with Crippen molar-refractivity contribution in [3.8, 4) is 85.2 Å². The summed E-state index contributed by atoms with van der Waals surface area (Å²) in [6.07, 6.45) is 20.0. The Morgan fingerprint density at radius 1 is 0.317 bits per heavy atom. The molecule has 0 spiro atoms. The maximum atomic E-state index is 10.9. The maximum Gasteiger partial charge on any atom is 0.480 e. The summed E-state index contributed by atoms with van der Waals surface area (Å²) in [5, 5.41) is 24.2. The lowest BCUT2D eigenvalue weighted by Gasteiger charge is -2.12. The summed E-state index contributed by atoms with van der Waals surface area (Å²) in [5.41, 5.74) is 0. The lowest BCUT2D eigenvalue weighted by atomic mass is 10.3. The first-order valence-electron chi connectivity index (χ1n) is 24.8. The third kappa shape index (κ3) is 114. The van der Waals surface area contributed by atoms with Gasteiger partial charge >= 0.3 is 116 Å². The van der Waals surface area contributed by atoms with Gasteiger partial charge in [-0.2, -0.15) is 10.5 Å². The molecule has 0 bridgehead atoms. The SMILES string of the molecule is C.C#CCCCOP(=O)(O)OP(C)(=O)O.C#CCCOP(=O)(O)OP(C)(=O)O.C#CCOP(=O)(O)CP(C)(=O)O.C#CCOP(=O)(O)OP(C)(=O)O.CC#CCOP(=O)(O)OP(C)(=O)O.CP(=O)(O)OP(=O)(O)OCC#CCO.CP(=O)(O)OP(=O)(O)OCC#N.CP(=O)(O)OP(=O)(O)OCCC#N. The predicted octanol–water partition coefficient (Wildman–Crippen LogP) is 6.39. The van der Waals surface area contributed by atoms with Gasteiger partial charge in [-0.1, -0.05) is 37.0 Å². The second-order valence-corrected chi connectivity index (χ2v) is 45.8. The van der Waals surface area contributed by atoms with Gasteiger partial charge in [0.25, 0.3) is 0 Å². The Bertz CT molecular complexity index is 3590. The van der Waals surface area contributed by atoms with Gasteiger partial charge in [-0.05, 0) is 13.3 Å². The lowest BCUT2D eigenvalue weighted by Crippen LogP contribution is -1.95. The first-order valence-corrected chi connectivity index (χ1v) is 53.5. The zero-order valence-electron chi connectivity index (χ0n) is 54.5. The number of terminal acetylenes is 4. The van der Waals surface area contributed by atoms with Crippen LogP contribution in [-0.2, 0) is 139 Å². The first kappa shape index (κ1) is 121. The largest absolute Gasteiger partial charge is 0.480 e. The fourth-order valence-corrected chi connectivity index (χ4v) is 20.6. The zero-order chi connectivity index (χ0) is 83.6. The van der Waals surface area contributed by atoms with Gasteiger partial charge in [-0.25, -0.2) is 62.1 Å². The minimum atomic E-state index is -4.57. The van der Waals surface area contributed by atoms with Crippen molar-refractivity contribution in [2.24, 2.45) is 0 Å². The Hall–Kier alpha value is -1.26. The molecule has 0 aromatic rings. The third-order valence-electron chi connectivity index (χ3n) is 5.85. The lowest BCUT2D eigenvalue weighted by molar-refractivity contribution is 0.194. The van der Waals surface area contributed by atoms with Crippen LogP contribution < -0.4 is 0 Å². The van der Waals surface area contributed by atoms with Crippen LogP contribution in [0.4, 0.5) is 0 Å². The van der Waals surface area contributed by atoms with Crippen LogP contribution >= 0.6 is 123 Å². The van der Waals surface area contributed by atoms with Gasteiger partial charge < -0.3 is 83.4 Å². The van der Waals surface area contributed by atoms with Crippen molar-refractivity contribution in [3.05, 3.63) is 0 Å². The molecule has 66 heteroatoms. The molecular formula is C38H80N2O48P16. The van der Waals surface area contributed by atoms with E-state index in [4.69, 9.17) is 120 Å². The van der Waals surface area contributed by atoms with E-state index >= 15 is 0 Å². The molecule has 0 aliphatic heterocycles. The summed E-state index contributed by atoms with van der Waals surface area (Å²) < 4.78 is 231. The molecule has 0 radical (unpaired) electrons. The van der Waals surface area contributed by atoms with E-state index in [1.165, 1.54) is 13.0 Å². The van der Waals surface area contributed by atoms with Crippen LogP contribution in [0.5, 0.6) is 0 Å². The van der Waals surface area contributed by atoms with E-state index in [0.29, 0.717) is 12.8 Å². The molecule has 0 aliphatic rings. The topological polar surface area (TPSA) is 803 Å². The van der Waals surface area contributed by atoms with Gasteiger partial charge in [0.05, 0.1) is 38.4 Å². The van der Waals surface area contributed by atoms with E-state index in [1.54, 1.807) is 6.07 Å². The molecule has 50 nitrogen and oxygen atoms in total. The molecule has 0 aromatic heterocycles. The van der Waals surface area contributed by atoms with Crippen LogP contribution in [0.15, 0.2) is 0 Å². The smallest absolute Gasteiger partial charge is 0.384 e. The number of nitriles is 2. The number of hydrogen-bond donors (Lipinski definition) is 17. The Kier molecular flexibility index (Phi) is 67.2. The van der Waals surface area contributed by atoms with Gasteiger partial charge in [-0.15, -0.1) is 43.5 Å². The van der Waals surface area contributed by atoms with E-state index in [0.717, 1.165) is 53.3 Å². The highest BCUT2D eigenvalue weighted by Crippen LogP contribution is 2.63. The number of phosphoric acid groups is 7. The first-order chi connectivity index (χ1) is 45.6. The van der Waals surface area contributed by atoms with Crippen LogP contribution in [0.1, 0.15) is 40.0 Å². The molecule has 0 heterocycles. The van der Waals surface area contributed by atoms with Crippen molar-refractivity contribution in [2.75, 3.05) is 119 Å². The highest BCUT2D eigenvalue weighted by atomic mass is 31.3. The normalized spacial score (nSPS) is 19.6. The van der Waals surface area contributed by atoms with Crippen molar-refractivity contribution in [2.45, 2.75) is 40.0 Å². The predicted molar refractivity (Wildman–Crippen MR) is 365 cm³/mol.